The molecule has 7 heteroatoms. The average Bonchev–Trinajstić information content (AvgIpc) is 2.69. The predicted octanol–water partition coefficient (Wildman–Crippen LogP) is -0.0603. The van der Waals surface area contributed by atoms with Crippen LogP contribution in [0.4, 0.5) is 5.69 Å². The molecule has 0 bridgehead atoms. The Morgan fingerprint density at radius 3 is 2.67 bits per heavy atom. The van der Waals surface area contributed by atoms with Gasteiger partial charge in [0, 0.05) is 13.0 Å². The molecule has 7 nitrogen and oxygen atoms in total. The maximum atomic E-state index is 11.7. The standard InChI is InChI=1S/C11H19N5O2/c1-2-7-9(13)10(16-15-7)11(18)14-6-4-3-5-8(12)17/h2-6,13H2,1H3,(H2,12,17)(H,14,18)(H,15,16). The van der Waals surface area contributed by atoms with Crippen LogP contribution in [0.15, 0.2) is 0 Å². The SMILES string of the molecule is CCc1[nH]nc(C(=O)NCCCCC(N)=O)c1N. The monoisotopic (exact) mass is 253 g/mol. The van der Waals surface area contributed by atoms with Crippen LogP contribution in [0.5, 0.6) is 0 Å². The van der Waals surface area contributed by atoms with Crippen molar-refractivity contribution in [1.82, 2.24) is 15.5 Å². The molecular weight excluding hydrogens is 234 g/mol. The van der Waals surface area contributed by atoms with Crippen LogP contribution in [-0.4, -0.2) is 28.6 Å². The summed E-state index contributed by atoms with van der Waals surface area (Å²) in [7, 11) is 0. The highest BCUT2D eigenvalue weighted by atomic mass is 16.2. The number of rotatable bonds is 7. The molecule has 6 N–H and O–H groups in total. The summed E-state index contributed by atoms with van der Waals surface area (Å²) in [5.41, 5.74) is 12.2. The molecule has 0 fully saturated rings. The zero-order chi connectivity index (χ0) is 13.5. The van der Waals surface area contributed by atoms with Gasteiger partial charge >= 0.3 is 0 Å². The van der Waals surface area contributed by atoms with Crippen molar-refractivity contribution in [1.29, 1.82) is 0 Å². The first-order valence-corrected chi connectivity index (χ1v) is 5.95. The van der Waals surface area contributed by atoms with E-state index < -0.39 is 0 Å². The molecule has 0 aliphatic rings. The lowest BCUT2D eigenvalue weighted by Crippen LogP contribution is -2.26. The molecule has 0 radical (unpaired) electrons. The summed E-state index contributed by atoms with van der Waals surface area (Å²) in [4.78, 5) is 22.2. The number of H-pyrrole nitrogens is 1. The van der Waals surface area contributed by atoms with Crippen molar-refractivity contribution >= 4 is 17.5 Å². The van der Waals surface area contributed by atoms with E-state index >= 15 is 0 Å². The van der Waals surface area contributed by atoms with Crippen molar-refractivity contribution in [3.63, 3.8) is 0 Å². The Morgan fingerprint density at radius 2 is 2.11 bits per heavy atom. The van der Waals surface area contributed by atoms with Crippen molar-refractivity contribution in [2.75, 3.05) is 12.3 Å². The number of nitrogens with two attached hydrogens (primary N) is 2. The largest absolute Gasteiger partial charge is 0.395 e. The van der Waals surface area contributed by atoms with Gasteiger partial charge in [0.15, 0.2) is 5.69 Å². The van der Waals surface area contributed by atoms with Crippen LogP contribution < -0.4 is 16.8 Å². The van der Waals surface area contributed by atoms with Gasteiger partial charge in [0.05, 0.1) is 11.4 Å². The summed E-state index contributed by atoms with van der Waals surface area (Å²) in [5, 5.41) is 9.30. The van der Waals surface area contributed by atoms with Crippen LogP contribution in [-0.2, 0) is 11.2 Å². The zero-order valence-corrected chi connectivity index (χ0v) is 10.5. The van der Waals surface area contributed by atoms with E-state index in [4.69, 9.17) is 11.5 Å². The summed E-state index contributed by atoms with van der Waals surface area (Å²) in [6, 6.07) is 0. The molecule has 0 aliphatic carbocycles. The van der Waals surface area contributed by atoms with Gasteiger partial charge in [-0.1, -0.05) is 6.92 Å². The molecule has 0 saturated carbocycles. The van der Waals surface area contributed by atoms with Gasteiger partial charge in [-0.15, -0.1) is 0 Å². The van der Waals surface area contributed by atoms with E-state index in [1.807, 2.05) is 6.92 Å². The summed E-state index contributed by atoms with van der Waals surface area (Å²) < 4.78 is 0. The number of aryl methyl sites for hydroxylation is 1. The smallest absolute Gasteiger partial charge is 0.273 e. The predicted molar refractivity (Wildman–Crippen MR) is 67.8 cm³/mol. The van der Waals surface area contributed by atoms with E-state index in [9.17, 15) is 9.59 Å². The number of anilines is 1. The zero-order valence-electron chi connectivity index (χ0n) is 10.5. The number of hydrogen-bond donors (Lipinski definition) is 4. The average molecular weight is 253 g/mol. The van der Waals surface area contributed by atoms with E-state index in [1.165, 1.54) is 0 Å². The second-order valence-electron chi connectivity index (χ2n) is 4.00. The van der Waals surface area contributed by atoms with Crippen molar-refractivity contribution in [3.8, 4) is 0 Å². The number of nitrogens with one attached hydrogen (secondary N) is 2. The number of aromatic nitrogens is 2. The topological polar surface area (TPSA) is 127 Å². The number of carbonyl (C=O) groups is 2. The van der Waals surface area contributed by atoms with Gasteiger partial charge in [-0.2, -0.15) is 5.10 Å². The van der Waals surface area contributed by atoms with Crippen molar-refractivity contribution in [2.45, 2.75) is 32.6 Å². The number of primary amides is 1. The Balaban J connectivity index is 2.36. The fourth-order valence-corrected chi connectivity index (χ4v) is 1.54. The van der Waals surface area contributed by atoms with Crippen molar-refractivity contribution in [2.24, 2.45) is 5.73 Å². The highest BCUT2D eigenvalue weighted by Crippen LogP contribution is 2.13. The normalized spacial score (nSPS) is 10.3. The molecule has 0 aliphatic heterocycles. The molecule has 2 amide bonds. The Hall–Kier alpha value is -2.05. The highest BCUT2D eigenvalue weighted by Gasteiger charge is 2.15. The molecule has 0 unspecified atom stereocenters. The van der Waals surface area contributed by atoms with Gasteiger partial charge < -0.3 is 16.8 Å². The van der Waals surface area contributed by atoms with Gasteiger partial charge in [0.1, 0.15) is 0 Å². The Morgan fingerprint density at radius 1 is 1.39 bits per heavy atom. The summed E-state index contributed by atoms with van der Waals surface area (Å²) in [6.45, 7) is 2.40. The number of carbonyl (C=O) groups excluding carboxylic acids is 2. The first-order chi connectivity index (χ1) is 8.56. The van der Waals surface area contributed by atoms with Crippen molar-refractivity contribution in [3.05, 3.63) is 11.4 Å². The highest BCUT2D eigenvalue weighted by molar-refractivity contribution is 5.97. The maximum Gasteiger partial charge on any atom is 0.273 e. The second-order valence-corrected chi connectivity index (χ2v) is 4.00. The van der Waals surface area contributed by atoms with E-state index in [2.05, 4.69) is 15.5 Å². The number of unbranched alkanes of at least 4 members (excludes halogenated alkanes) is 1. The van der Waals surface area contributed by atoms with Crippen molar-refractivity contribution < 1.29 is 9.59 Å². The molecule has 1 aromatic rings. The summed E-state index contributed by atoms with van der Waals surface area (Å²) >= 11 is 0. The van der Waals surface area contributed by atoms with Crippen LogP contribution in [0.2, 0.25) is 0 Å². The molecule has 1 heterocycles. The Labute approximate surface area is 105 Å². The van der Waals surface area contributed by atoms with E-state index in [1.54, 1.807) is 0 Å². The minimum atomic E-state index is -0.328. The van der Waals surface area contributed by atoms with Crippen LogP contribution in [0.3, 0.4) is 0 Å². The number of aromatic amines is 1. The molecule has 1 rings (SSSR count). The maximum absolute atomic E-state index is 11.7. The quantitative estimate of drug-likeness (QED) is 0.507. The van der Waals surface area contributed by atoms with Gasteiger partial charge in [-0.05, 0) is 19.3 Å². The molecule has 0 aromatic carbocycles. The van der Waals surface area contributed by atoms with Crippen LogP contribution in [0.1, 0.15) is 42.4 Å². The van der Waals surface area contributed by atoms with Crippen LogP contribution in [0, 0.1) is 0 Å². The lowest BCUT2D eigenvalue weighted by Gasteiger charge is -2.03. The van der Waals surface area contributed by atoms with Gasteiger partial charge in [-0.25, -0.2) is 0 Å². The van der Waals surface area contributed by atoms with Crippen LogP contribution in [0.25, 0.3) is 0 Å². The Bertz CT molecular complexity index is 427. The Kier molecular flexibility index (Phi) is 5.16. The fraction of sp³-hybridized carbons (Fsp3) is 0.545. The number of amides is 2. The first-order valence-electron chi connectivity index (χ1n) is 5.95. The number of hydrogen-bond acceptors (Lipinski definition) is 4. The second kappa shape index (κ2) is 6.63. The molecule has 1 aromatic heterocycles. The molecule has 18 heavy (non-hydrogen) atoms. The minimum Gasteiger partial charge on any atom is -0.395 e. The van der Waals surface area contributed by atoms with E-state index in [-0.39, 0.29) is 17.5 Å². The fourth-order valence-electron chi connectivity index (χ4n) is 1.54. The summed E-state index contributed by atoms with van der Waals surface area (Å²) in [6.07, 6.45) is 2.39. The minimum absolute atomic E-state index is 0.224. The van der Waals surface area contributed by atoms with Crippen LogP contribution >= 0.6 is 0 Å². The van der Waals surface area contributed by atoms with Gasteiger partial charge in [-0.3, -0.25) is 14.7 Å². The lowest BCUT2D eigenvalue weighted by molar-refractivity contribution is -0.118. The third-order valence-electron chi connectivity index (χ3n) is 2.59. The number of nitrogen functional groups attached to an aromatic ring is 1. The third-order valence-corrected chi connectivity index (χ3v) is 2.59. The molecule has 0 atom stereocenters. The van der Waals surface area contributed by atoms with E-state index in [0.29, 0.717) is 37.9 Å². The summed E-state index contributed by atoms with van der Waals surface area (Å²) in [5.74, 6) is -0.631. The molecule has 0 spiro atoms. The number of nitrogens with zero attached hydrogens (tertiary/aromatic N) is 1. The molecule has 100 valence electrons. The molecular formula is C11H19N5O2. The van der Waals surface area contributed by atoms with Gasteiger partial charge in [0.2, 0.25) is 5.91 Å². The lowest BCUT2D eigenvalue weighted by atomic mass is 10.2. The van der Waals surface area contributed by atoms with E-state index in [0.717, 1.165) is 5.69 Å². The van der Waals surface area contributed by atoms with Gasteiger partial charge in [0.25, 0.3) is 5.91 Å². The molecule has 0 saturated heterocycles. The first kappa shape index (κ1) is 14.0. The third kappa shape index (κ3) is 3.76.